The molecule has 0 aromatic heterocycles. The molecule has 3 atom stereocenters. The van der Waals surface area contributed by atoms with E-state index in [9.17, 15) is 19.5 Å². The fourth-order valence-electron chi connectivity index (χ4n) is 3.14. The van der Waals surface area contributed by atoms with Crippen LogP contribution in [0.2, 0.25) is 0 Å². The lowest BCUT2D eigenvalue weighted by molar-refractivity contribution is -0.152. The molecule has 1 unspecified atom stereocenters. The van der Waals surface area contributed by atoms with Crippen molar-refractivity contribution in [2.24, 2.45) is 0 Å². The van der Waals surface area contributed by atoms with Crippen LogP contribution in [0.15, 0.2) is 29.7 Å². The van der Waals surface area contributed by atoms with Gasteiger partial charge in [0.15, 0.2) is 0 Å². The minimum Gasteiger partial charge on any atom is -0.508 e. The van der Waals surface area contributed by atoms with Crippen LogP contribution in [0.4, 0.5) is 0 Å². The van der Waals surface area contributed by atoms with Gasteiger partial charge in [-0.15, -0.1) is 11.8 Å². The minimum atomic E-state index is -0.847. The monoisotopic (exact) mass is 406 g/mol. The third kappa shape index (κ3) is 5.28. The van der Waals surface area contributed by atoms with E-state index in [4.69, 9.17) is 4.74 Å². The van der Waals surface area contributed by atoms with Crippen molar-refractivity contribution < 1.29 is 24.2 Å². The van der Waals surface area contributed by atoms with Crippen molar-refractivity contribution in [2.75, 3.05) is 14.2 Å². The third-order valence-corrected chi connectivity index (χ3v) is 5.76. The molecule has 152 valence electrons. The van der Waals surface area contributed by atoms with E-state index in [1.165, 1.54) is 26.0 Å². The molecule has 1 aromatic rings. The zero-order valence-corrected chi connectivity index (χ0v) is 17.3. The number of nitrogens with one attached hydrogen (secondary N) is 1. The second-order valence-electron chi connectivity index (χ2n) is 6.74. The number of nitrogens with zero attached hydrogens (tertiary/aromatic N) is 1. The van der Waals surface area contributed by atoms with Crippen LogP contribution in [0.5, 0.6) is 5.75 Å². The second-order valence-corrected chi connectivity index (χ2v) is 7.85. The number of rotatable bonds is 7. The molecule has 0 bridgehead atoms. The van der Waals surface area contributed by atoms with Crippen molar-refractivity contribution in [3.8, 4) is 5.75 Å². The number of allylic oxidation sites excluding steroid dienone is 1. The van der Waals surface area contributed by atoms with Crippen LogP contribution in [-0.2, 0) is 25.5 Å². The van der Waals surface area contributed by atoms with E-state index in [2.05, 4.69) is 11.4 Å². The van der Waals surface area contributed by atoms with Gasteiger partial charge >= 0.3 is 5.97 Å². The Bertz CT molecular complexity index is 772. The van der Waals surface area contributed by atoms with Gasteiger partial charge in [0.1, 0.15) is 17.8 Å². The molecule has 0 aliphatic carbocycles. The van der Waals surface area contributed by atoms with Gasteiger partial charge in [-0.05, 0) is 30.4 Å². The van der Waals surface area contributed by atoms with E-state index in [1.807, 2.05) is 11.5 Å². The van der Waals surface area contributed by atoms with Gasteiger partial charge < -0.3 is 20.1 Å². The number of hydrogen-bond donors (Lipinski definition) is 2. The predicted octanol–water partition coefficient (Wildman–Crippen LogP) is 2.15. The Morgan fingerprint density at radius 1 is 1.39 bits per heavy atom. The van der Waals surface area contributed by atoms with Gasteiger partial charge in [0.2, 0.25) is 11.8 Å². The molecule has 0 fully saturated rings. The molecule has 2 N–H and O–H groups in total. The molecular formula is C20H26N2O5S. The lowest BCUT2D eigenvalue weighted by Crippen LogP contribution is -2.51. The SMILES string of the molecule is COC(=O)[C@H](Cc1ccc(O)c(C2CC=CS2)c1)N(C)C(=O)[C@H](C)NC(C)=O. The molecule has 7 nitrogen and oxygen atoms in total. The summed E-state index contributed by atoms with van der Waals surface area (Å²) in [4.78, 5) is 37.5. The Labute approximate surface area is 169 Å². The molecule has 8 heteroatoms. The number of thioether (sulfide) groups is 1. The molecule has 1 aliphatic rings. The number of hydrogen-bond acceptors (Lipinski definition) is 6. The zero-order chi connectivity index (χ0) is 20.8. The highest BCUT2D eigenvalue weighted by Crippen LogP contribution is 2.42. The molecule has 0 radical (unpaired) electrons. The zero-order valence-electron chi connectivity index (χ0n) is 16.5. The number of phenolic OH excluding ortho intramolecular Hbond substituents is 1. The van der Waals surface area contributed by atoms with E-state index >= 15 is 0 Å². The summed E-state index contributed by atoms with van der Waals surface area (Å²) in [5.74, 6) is -1.05. The lowest BCUT2D eigenvalue weighted by Gasteiger charge is -2.29. The van der Waals surface area contributed by atoms with Crippen molar-refractivity contribution >= 4 is 29.5 Å². The van der Waals surface area contributed by atoms with E-state index in [0.29, 0.717) is 0 Å². The van der Waals surface area contributed by atoms with Crippen molar-refractivity contribution in [1.29, 1.82) is 0 Å². The first-order valence-electron chi connectivity index (χ1n) is 8.98. The molecule has 0 spiro atoms. The second kappa shape index (κ2) is 9.64. The van der Waals surface area contributed by atoms with Crippen molar-refractivity contribution in [3.63, 3.8) is 0 Å². The van der Waals surface area contributed by atoms with Gasteiger partial charge in [-0.3, -0.25) is 9.59 Å². The number of benzene rings is 1. The van der Waals surface area contributed by atoms with Gasteiger partial charge in [0.05, 0.1) is 7.11 Å². The number of esters is 1. The first-order valence-corrected chi connectivity index (χ1v) is 9.92. The minimum absolute atomic E-state index is 0.135. The Kier molecular flexibility index (Phi) is 7.51. The van der Waals surface area contributed by atoms with Gasteiger partial charge in [0.25, 0.3) is 0 Å². The molecule has 0 saturated heterocycles. The van der Waals surface area contributed by atoms with E-state index in [0.717, 1.165) is 17.5 Å². The Balaban J connectivity index is 2.22. The smallest absolute Gasteiger partial charge is 0.328 e. The van der Waals surface area contributed by atoms with Crippen LogP contribution in [-0.4, -0.2) is 54.0 Å². The number of carbonyl (C=O) groups is 3. The number of aromatic hydroxyl groups is 1. The molecule has 1 heterocycles. The number of likely N-dealkylation sites (N-methyl/N-ethyl adjacent to an activating group) is 1. The first kappa shape index (κ1) is 21.8. The predicted molar refractivity (Wildman–Crippen MR) is 108 cm³/mol. The van der Waals surface area contributed by atoms with Crippen LogP contribution < -0.4 is 5.32 Å². The molecular weight excluding hydrogens is 380 g/mol. The summed E-state index contributed by atoms with van der Waals surface area (Å²) in [7, 11) is 2.79. The molecule has 28 heavy (non-hydrogen) atoms. The Morgan fingerprint density at radius 3 is 2.68 bits per heavy atom. The molecule has 2 rings (SSSR count). The highest BCUT2D eigenvalue weighted by atomic mass is 32.2. The van der Waals surface area contributed by atoms with Crippen LogP contribution >= 0.6 is 11.8 Å². The van der Waals surface area contributed by atoms with Gasteiger partial charge in [-0.2, -0.15) is 0 Å². The lowest BCUT2D eigenvalue weighted by atomic mass is 9.99. The molecule has 0 saturated carbocycles. The average Bonchev–Trinajstić information content (AvgIpc) is 3.19. The number of amides is 2. The number of methoxy groups -OCH3 is 1. The van der Waals surface area contributed by atoms with Crippen LogP contribution in [0, 0.1) is 0 Å². The summed E-state index contributed by atoms with van der Waals surface area (Å²) < 4.78 is 4.89. The average molecular weight is 407 g/mol. The summed E-state index contributed by atoms with van der Waals surface area (Å²) in [6.45, 7) is 2.90. The van der Waals surface area contributed by atoms with Crippen LogP contribution in [0.1, 0.15) is 36.6 Å². The number of carbonyl (C=O) groups excluding carboxylic acids is 3. The van der Waals surface area contributed by atoms with Crippen molar-refractivity contribution in [2.45, 2.75) is 44.0 Å². The van der Waals surface area contributed by atoms with Gasteiger partial charge in [-0.25, -0.2) is 4.79 Å². The molecule has 1 aromatic carbocycles. The topological polar surface area (TPSA) is 95.9 Å². The van der Waals surface area contributed by atoms with Crippen molar-refractivity contribution in [3.05, 3.63) is 40.8 Å². The fourth-order valence-corrected chi connectivity index (χ4v) is 4.11. The van der Waals surface area contributed by atoms with Crippen molar-refractivity contribution in [1.82, 2.24) is 10.2 Å². The van der Waals surface area contributed by atoms with Crippen LogP contribution in [0.3, 0.4) is 0 Å². The number of ether oxygens (including phenoxy) is 1. The first-order chi connectivity index (χ1) is 13.2. The normalized spacial score (nSPS) is 17.6. The summed E-state index contributed by atoms with van der Waals surface area (Å²) in [6, 6.07) is 3.61. The quantitative estimate of drug-likeness (QED) is 0.674. The summed E-state index contributed by atoms with van der Waals surface area (Å²) in [6.07, 6.45) is 3.11. The van der Waals surface area contributed by atoms with E-state index < -0.39 is 18.1 Å². The molecule has 2 amide bonds. The third-order valence-electron chi connectivity index (χ3n) is 4.64. The van der Waals surface area contributed by atoms with Gasteiger partial charge in [0, 0.05) is 31.2 Å². The highest BCUT2D eigenvalue weighted by molar-refractivity contribution is 8.02. The maximum Gasteiger partial charge on any atom is 0.328 e. The summed E-state index contributed by atoms with van der Waals surface area (Å²) >= 11 is 1.63. The summed E-state index contributed by atoms with van der Waals surface area (Å²) in [5, 5.41) is 14.9. The van der Waals surface area contributed by atoms with Gasteiger partial charge in [-0.1, -0.05) is 18.2 Å². The van der Waals surface area contributed by atoms with Crippen LogP contribution in [0.25, 0.3) is 0 Å². The fraction of sp³-hybridized carbons (Fsp3) is 0.450. The Morgan fingerprint density at radius 2 is 2.11 bits per heavy atom. The largest absolute Gasteiger partial charge is 0.508 e. The highest BCUT2D eigenvalue weighted by Gasteiger charge is 2.31. The standard InChI is InChI=1S/C20H26N2O5S/c1-12(21-13(2)23)19(25)22(3)16(20(26)27-4)11-14-7-8-17(24)15(10-14)18-6-5-9-28-18/h5,7-10,12,16,18,24H,6,11H2,1-4H3,(H,21,23)/t12-,16-,18?/m0/s1. The molecule has 1 aliphatic heterocycles. The summed E-state index contributed by atoms with van der Waals surface area (Å²) in [5.41, 5.74) is 1.61. The Hall–Kier alpha value is -2.48. The van der Waals surface area contributed by atoms with E-state index in [1.54, 1.807) is 30.8 Å². The maximum absolute atomic E-state index is 12.6. The number of phenols is 1. The maximum atomic E-state index is 12.6. The van der Waals surface area contributed by atoms with E-state index in [-0.39, 0.29) is 29.2 Å².